The summed E-state index contributed by atoms with van der Waals surface area (Å²) in [4.78, 5) is 2.47. The number of ether oxygens (including phenoxy) is 1. The Labute approximate surface area is 116 Å². The van der Waals surface area contributed by atoms with E-state index in [-0.39, 0.29) is 0 Å². The monoisotopic (exact) mass is 262 g/mol. The van der Waals surface area contributed by atoms with E-state index in [1.165, 1.54) is 12.1 Å². The lowest BCUT2D eigenvalue weighted by atomic mass is 10.0. The Morgan fingerprint density at radius 1 is 1.37 bits per heavy atom. The summed E-state index contributed by atoms with van der Waals surface area (Å²) in [5.74, 6) is 1.66. The maximum Gasteiger partial charge on any atom is 0.142 e. The standard InChI is InChI=1S/C16H26N2O/c1-4-19-16-9-6-5-8-15(16)18-11-7-10-17-14(12-18)13(2)3/h5-6,8-9,13-14,17H,4,7,10-12H2,1-3H3. The number of hydrogen-bond acceptors (Lipinski definition) is 3. The van der Waals surface area contributed by atoms with E-state index in [1.54, 1.807) is 0 Å². The maximum absolute atomic E-state index is 5.76. The van der Waals surface area contributed by atoms with E-state index in [1.807, 2.05) is 13.0 Å². The molecule has 19 heavy (non-hydrogen) atoms. The lowest BCUT2D eigenvalue weighted by molar-refractivity contribution is 0.339. The Balaban J connectivity index is 2.19. The van der Waals surface area contributed by atoms with E-state index >= 15 is 0 Å². The van der Waals surface area contributed by atoms with Crippen LogP contribution in [0.15, 0.2) is 24.3 Å². The molecule has 1 N–H and O–H groups in total. The smallest absolute Gasteiger partial charge is 0.142 e. The van der Waals surface area contributed by atoms with Gasteiger partial charge in [-0.2, -0.15) is 0 Å². The third-order valence-electron chi connectivity index (χ3n) is 3.74. The van der Waals surface area contributed by atoms with Crippen LogP contribution < -0.4 is 15.0 Å². The second kappa shape index (κ2) is 6.80. The van der Waals surface area contributed by atoms with E-state index < -0.39 is 0 Å². The summed E-state index contributed by atoms with van der Waals surface area (Å²) >= 11 is 0. The first-order chi connectivity index (χ1) is 9.22. The largest absolute Gasteiger partial charge is 0.492 e. The van der Waals surface area contributed by atoms with Crippen LogP contribution in [-0.4, -0.2) is 32.3 Å². The molecule has 106 valence electrons. The summed E-state index contributed by atoms with van der Waals surface area (Å²) in [5.41, 5.74) is 1.23. The van der Waals surface area contributed by atoms with Gasteiger partial charge in [0, 0.05) is 19.1 Å². The Hall–Kier alpha value is -1.22. The maximum atomic E-state index is 5.76. The van der Waals surface area contributed by atoms with Gasteiger partial charge in [-0.1, -0.05) is 26.0 Å². The fraction of sp³-hybridized carbons (Fsp3) is 0.625. The van der Waals surface area contributed by atoms with Gasteiger partial charge in [-0.3, -0.25) is 0 Å². The average molecular weight is 262 g/mol. The van der Waals surface area contributed by atoms with E-state index in [0.717, 1.165) is 32.0 Å². The molecule has 3 nitrogen and oxygen atoms in total. The van der Waals surface area contributed by atoms with Crippen molar-refractivity contribution in [2.45, 2.75) is 33.2 Å². The number of nitrogens with one attached hydrogen (secondary N) is 1. The number of hydrogen-bond donors (Lipinski definition) is 1. The van der Waals surface area contributed by atoms with Crippen LogP contribution >= 0.6 is 0 Å². The molecule has 1 saturated heterocycles. The highest BCUT2D eigenvalue weighted by atomic mass is 16.5. The van der Waals surface area contributed by atoms with Crippen LogP contribution in [0.25, 0.3) is 0 Å². The molecule has 2 rings (SSSR count). The van der Waals surface area contributed by atoms with Crippen molar-refractivity contribution >= 4 is 5.69 Å². The molecule has 0 radical (unpaired) electrons. The zero-order chi connectivity index (χ0) is 13.7. The molecule has 1 aromatic rings. The Morgan fingerprint density at radius 2 is 2.16 bits per heavy atom. The first-order valence-corrected chi connectivity index (χ1v) is 7.42. The summed E-state index contributed by atoms with van der Waals surface area (Å²) in [7, 11) is 0. The molecule has 0 bridgehead atoms. The Morgan fingerprint density at radius 3 is 2.89 bits per heavy atom. The van der Waals surface area contributed by atoms with Crippen LogP contribution in [0.3, 0.4) is 0 Å². The van der Waals surface area contributed by atoms with Gasteiger partial charge in [-0.05, 0) is 37.9 Å². The van der Waals surface area contributed by atoms with Crippen molar-refractivity contribution in [2.75, 3.05) is 31.1 Å². The van der Waals surface area contributed by atoms with Crippen LogP contribution in [0.1, 0.15) is 27.2 Å². The normalized spacial score (nSPS) is 20.4. The quantitative estimate of drug-likeness (QED) is 0.903. The van der Waals surface area contributed by atoms with Crippen molar-refractivity contribution < 1.29 is 4.74 Å². The molecule has 1 aliphatic rings. The number of nitrogens with zero attached hydrogens (tertiary/aromatic N) is 1. The summed E-state index contributed by atoms with van der Waals surface area (Å²) in [6, 6.07) is 8.94. The second-order valence-corrected chi connectivity index (χ2v) is 5.50. The van der Waals surface area contributed by atoms with Gasteiger partial charge in [-0.15, -0.1) is 0 Å². The van der Waals surface area contributed by atoms with E-state index in [2.05, 4.69) is 42.3 Å². The molecular weight excluding hydrogens is 236 g/mol. The molecule has 0 amide bonds. The van der Waals surface area contributed by atoms with Crippen molar-refractivity contribution in [1.82, 2.24) is 5.32 Å². The zero-order valence-electron chi connectivity index (χ0n) is 12.4. The minimum Gasteiger partial charge on any atom is -0.492 e. The minimum absolute atomic E-state index is 0.553. The van der Waals surface area contributed by atoms with E-state index in [4.69, 9.17) is 4.74 Å². The van der Waals surface area contributed by atoms with E-state index in [9.17, 15) is 0 Å². The fourth-order valence-corrected chi connectivity index (χ4v) is 2.61. The highest BCUT2D eigenvalue weighted by molar-refractivity contribution is 5.58. The number of para-hydroxylation sites is 2. The summed E-state index contributed by atoms with van der Waals surface area (Å²) in [6.45, 7) is 10.6. The predicted molar refractivity (Wildman–Crippen MR) is 81.1 cm³/mol. The molecule has 1 heterocycles. The van der Waals surface area contributed by atoms with Crippen molar-refractivity contribution in [3.05, 3.63) is 24.3 Å². The summed E-state index contributed by atoms with van der Waals surface area (Å²) < 4.78 is 5.76. The predicted octanol–water partition coefficient (Wildman–Crippen LogP) is 2.91. The van der Waals surface area contributed by atoms with Crippen molar-refractivity contribution in [3.63, 3.8) is 0 Å². The van der Waals surface area contributed by atoms with Crippen molar-refractivity contribution in [3.8, 4) is 5.75 Å². The van der Waals surface area contributed by atoms with Gasteiger partial charge >= 0.3 is 0 Å². The van der Waals surface area contributed by atoms with Gasteiger partial charge in [0.2, 0.25) is 0 Å². The first kappa shape index (κ1) is 14.2. The summed E-state index contributed by atoms with van der Waals surface area (Å²) in [5, 5.41) is 3.65. The van der Waals surface area contributed by atoms with Crippen LogP contribution in [0, 0.1) is 5.92 Å². The highest BCUT2D eigenvalue weighted by Crippen LogP contribution is 2.29. The van der Waals surface area contributed by atoms with Crippen LogP contribution in [0.4, 0.5) is 5.69 Å². The summed E-state index contributed by atoms with van der Waals surface area (Å²) in [6.07, 6.45) is 1.18. The molecule has 1 unspecified atom stereocenters. The third-order valence-corrected chi connectivity index (χ3v) is 3.74. The molecule has 0 aliphatic carbocycles. The molecule has 1 atom stereocenters. The van der Waals surface area contributed by atoms with Gasteiger partial charge in [0.15, 0.2) is 0 Å². The van der Waals surface area contributed by atoms with Crippen LogP contribution in [0.5, 0.6) is 5.75 Å². The third kappa shape index (κ3) is 3.63. The average Bonchev–Trinajstić information content (AvgIpc) is 2.65. The second-order valence-electron chi connectivity index (χ2n) is 5.50. The van der Waals surface area contributed by atoms with Gasteiger partial charge in [0.25, 0.3) is 0 Å². The molecule has 1 fully saturated rings. The number of benzene rings is 1. The molecule has 0 aromatic heterocycles. The first-order valence-electron chi connectivity index (χ1n) is 7.42. The van der Waals surface area contributed by atoms with Gasteiger partial charge in [0.05, 0.1) is 12.3 Å². The van der Waals surface area contributed by atoms with Gasteiger partial charge in [-0.25, -0.2) is 0 Å². The molecule has 1 aliphatic heterocycles. The molecule has 3 heteroatoms. The Bertz CT molecular complexity index is 392. The van der Waals surface area contributed by atoms with E-state index in [0.29, 0.717) is 12.0 Å². The highest BCUT2D eigenvalue weighted by Gasteiger charge is 2.22. The fourth-order valence-electron chi connectivity index (χ4n) is 2.61. The van der Waals surface area contributed by atoms with Gasteiger partial charge < -0.3 is 15.0 Å². The topological polar surface area (TPSA) is 24.5 Å². The molecule has 0 spiro atoms. The number of anilines is 1. The Kier molecular flexibility index (Phi) is 5.08. The molecule has 1 aromatic carbocycles. The van der Waals surface area contributed by atoms with Crippen LogP contribution in [0.2, 0.25) is 0 Å². The lowest BCUT2D eigenvalue weighted by Gasteiger charge is -2.29. The van der Waals surface area contributed by atoms with Crippen molar-refractivity contribution in [1.29, 1.82) is 0 Å². The zero-order valence-corrected chi connectivity index (χ0v) is 12.4. The number of rotatable bonds is 4. The van der Waals surface area contributed by atoms with Crippen molar-refractivity contribution in [2.24, 2.45) is 5.92 Å². The van der Waals surface area contributed by atoms with Gasteiger partial charge in [0.1, 0.15) is 5.75 Å². The van der Waals surface area contributed by atoms with Crippen LogP contribution in [-0.2, 0) is 0 Å². The lowest BCUT2D eigenvalue weighted by Crippen LogP contribution is -2.41. The minimum atomic E-state index is 0.553. The molecular formula is C16H26N2O. The molecule has 0 saturated carbocycles. The SMILES string of the molecule is CCOc1ccccc1N1CCCNC(C(C)C)C1.